The molecule has 0 aliphatic rings. The minimum Gasteiger partial charge on any atom is -0.467 e. The first-order chi connectivity index (χ1) is 7.97. The van der Waals surface area contributed by atoms with Gasteiger partial charge in [0.25, 0.3) is 0 Å². The molecule has 0 aromatic carbocycles. The zero-order valence-corrected chi connectivity index (χ0v) is 10.7. The van der Waals surface area contributed by atoms with Gasteiger partial charge in [-0.15, -0.1) is 0 Å². The Morgan fingerprint density at radius 2 is 2.06 bits per heavy atom. The fourth-order valence-electron chi connectivity index (χ4n) is 1.35. The average Bonchev–Trinajstić information content (AvgIpc) is 2.25. The van der Waals surface area contributed by atoms with Gasteiger partial charge in [0.05, 0.1) is 13.2 Å². The Bertz CT molecular complexity index is 244. The number of carbonyl (C=O) groups excluding carboxylic acids is 2. The van der Waals surface area contributed by atoms with Crippen molar-refractivity contribution in [3.8, 4) is 0 Å². The lowest BCUT2D eigenvalue weighted by Gasteiger charge is -2.16. The molecule has 6 heteroatoms. The Morgan fingerprint density at radius 1 is 1.41 bits per heavy atom. The highest BCUT2D eigenvalue weighted by Gasteiger charge is 2.19. The zero-order chi connectivity index (χ0) is 13.3. The van der Waals surface area contributed by atoms with Crippen LogP contribution in [0, 0.1) is 0 Å². The molecule has 17 heavy (non-hydrogen) atoms. The number of amides is 1. The van der Waals surface area contributed by atoms with Crippen molar-refractivity contribution in [3.63, 3.8) is 0 Å². The van der Waals surface area contributed by atoms with Crippen molar-refractivity contribution in [3.05, 3.63) is 0 Å². The van der Waals surface area contributed by atoms with E-state index in [0.29, 0.717) is 19.5 Å². The number of aliphatic hydroxyl groups is 1. The number of aliphatic hydroxyl groups excluding tert-OH is 1. The standard InChI is InChI=1S/C11H22N2O4/c1-8(14)5-4-6-12-7-10(11(16)17-3)13-9(2)15/h8,10,12,14H,4-7H2,1-3H3,(H,13,15). The van der Waals surface area contributed by atoms with E-state index < -0.39 is 12.0 Å². The largest absolute Gasteiger partial charge is 0.467 e. The molecule has 2 atom stereocenters. The summed E-state index contributed by atoms with van der Waals surface area (Å²) in [5, 5.41) is 14.6. The number of carbonyl (C=O) groups is 2. The Morgan fingerprint density at radius 3 is 2.53 bits per heavy atom. The number of esters is 1. The molecule has 0 spiro atoms. The van der Waals surface area contributed by atoms with E-state index in [4.69, 9.17) is 5.11 Å². The van der Waals surface area contributed by atoms with Crippen LogP contribution >= 0.6 is 0 Å². The van der Waals surface area contributed by atoms with Crippen LogP contribution in [0.2, 0.25) is 0 Å². The maximum atomic E-state index is 11.3. The molecular weight excluding hydrogens is 224 g/mol. The summed E-state index contributed by atoms with van der Waals surface area (Å²) < 4.78 is 4.57. The first kappa shape index (κ1) is 15.9. The van der Waals surface area contributed by atoms with Gasteiger partial charge in [-0.25, -0.2) is 4.79 Å². The third-order valence-corrected chi connectivity index (χ3v) is 2.19. The van der Waals surface area contributed by atoms with Gasteiger partial charge in [-0.05, 0) is 26.3 Å². The van der Waals surface area contributed by atoms with Crippen LogP contribution in [0.4, 0.5) is 0 Å². The Kier molecular flexibility index (Phi) is 8.35. The number of ether oxygens (including phenoxy) is 1. The fraction of sp³-hybridized carbons (Fsp3) is 0.818. The van der Waals surface area contributed by atoms with Crippen molar-refractivity contribution in [2.45, 2.75) is 38.8 Å². The third-order valence-electron chi connectivity index (χ3n) is 2.19. The highest BCUT2D eigenvalue weighted by Crippen LogP contribution is 1.94. The molecule has 6 nitrogen and oxygen atoms in total. The van der Waals surface area contributed by atoms with E-state index in [1.54, 1.807) is 6.92 Å². The molecule has 0 heterocycles. The summed E-state index contributed by atoms with van der Waals surface area (Å²) in [7, 11) is 1.28. The lowest BCUT2D eigenvalue weighted by atomic mass is 10.2. The number of rotatable bonds is 8. The number of nitrogens with one attached hydrogen (secondary N) is 2. The lowest BCUT2D eigenvalue weighted by molar-refractivity contribution is -0.144. The van der Waals surface area contributed by atoms with Gasteiger partial charge in [-0.3, -0.25) is 4.79 Å². The monoisotopic (exact) mass is 246 g/mol. The number of hydrogen-bond acceptors (Lipinski definition) is 5. The maximum absolute atomic E-state index is 11.3. The van der Waals surface area contributed by atoms with Gasteiger partial charge in [0.1, 0.15) is 6.04 Å². The van der Waals surface area contributed by atoms with Crippen LogP contribution in [0.3, 0.4) is 0 Å². The van der Waals surface area contributed by atoms with Gasteiger partial charge in [-0.2, -0.15) is 0 Å². The summed E-state index contributed by atoms with van der Waals surface area (Å²) in [5.74, 6) is -0.741. The van der Waals surface area contributed by atoms with E-state index in [9.17, 15) is 9.59 Å². The second-order valence-corrected chi connectivity index (χ2v) is 3.97. The van der Waals surface area contributed by atoms with Crippen molar-refractivity contribution in [2.24, 2.45) is 0 Å². The summed E-state index contributed by atoms with van der Waals surface area (Å²) in [6.07, 6.45) is 1.20. The molecule has 0 saturated heterocycles. The summed E-state index contributed by atoms with van der Waals surface area (Å²) in [4.78, 5) is 22.2. The predicted molar refractivity (Wildman–Crippen MR) is 63.4 cm³/mol. The van der Waals surface area contributed by atoms with Crippen LogP contribution in [-0.4, -0.2) is 49.3 Å². The molecule has 2 unspecified atom stereocenters. The second-order valence-electron chi connectivity index (χ2n) is 3.97. The summed E-state index contributed by atoms with van der Waals surface area (Å²) in [6, 6.07) is -0.663. The van der Waals surface area contributed by atoms with Crippen molar-refractivity contribution in [1.82, 2.24) is 10.6 Å². The zero-order valence-electron chi connectivity index (χ0n) is 10.7. The van der Waals surface area contributed by atoms with E-state index in [1.165, 1.54) is 14.0 Å². The van der Waals surface area contributed by atoms with Crippen LogP contribution in [0.25, 0.3) is 0 Å². The first-order valence-electron chi connectivity index (χ1n) is 5.71. The summed E-state index contributed by atoms with van der Waals surface area (Å²) in [5.41, 5.74) is 0. The van der Waals surface area contributed by atoms with Crippen LogP contribution in [0.15, 0.2) is 0 Å². The van der Waals surface area contributed by atoms with Crippen molar-refractivity contribution in [1.29, 1.82) is 0 Å². The molecule has 100 valence electrons. The van der Waals surface area contributed by atoms with Crippen LogP contribution in [-0.2, 0) is 14.3 Å². The normalized spacial score (nSPS) is 13.9. The molecule has 0 aromatic heterocycles. The molecule has 0 bridgehead atoms. The van der Waals surface area contributed by atoms with Crippen LogP contribution in [0.5, 0.6) is 0 Å². The smallest absolute Gasteiger partial charge is 0.329 e. The molecular formula is C11H22N2O4. The fourth-order valence-corrected chi connectivity index (χ4v) is 1.35. The van der Waals surface area contributed by atoms with Gasteiger partial charge in [0, 0.05) is 13.5 Å². The molecule has 0 radical (unpaired) electrons. The molecule has 1 amide bonds. The molecule has 0 rings (SSSR count). The molecule has 3 N–H and O–H groups in total. The lowest BCUT2D eigenvalue weighted by Crippen LogP contribution is -2.47. The molecule has 0 aliphatic heterocycles. The van der Waals surface area contributed by atoms with Gasteiger partial charge >= 0.3 is 5.97 Å². The van der Waals surface area contributed by atoms with Crippen molar-refractivity contribution < 1.29 is 19.4 Å². The minimum absolute atomic E-state index is 0.272. The first-order valence-corrected chi connectivity index (χ1v) is 5.71. The predicted octanol–water partition coefficient (Wildman–Crippen LogP) is -0.585. The van der Waals surface area contributed by atoms with Gasteiger partial charge in [0.2, 0.25) is 5.91 Å². The van der Waals surface area contributed by atoms with Crippen molar-refractivity contribution >= 4 is 11.9 Å². The quantitative estimate of drug-likeness (QED) is 0.394. The van der Waals surface area contributed by atoms with Gasteiger partial charge in [0.15, 0.2) is 0 Å². The Labute approximate surface area is 102 Å². The molecule has 0 saturated carbocycles. The van der Waals surface area contributed by atoms with E-state index in [2.05, 4.69) is 15.4 Å². The highest BCUT2D eigenvalue weighted by atomic mass is 16.5. The third kappa shape index (κ3) is 8.65. The minimum atomic E-state index is -0.663. The highest BCUT2D eigenvalue weighted by molar-refractivity contribution is 5.83. The van der Waals surface area contributed by atoms with Gasteiger partial charge in [-0.1, -0.05) is 0 Å². The van der Waals surface area contributed by atoms with Gasteiger partial charge < -0.3 is 20.5 Å². The SMILES string of the molecule is COC(=O)C(CNCCCC(C)O)NC(C)=O. The van der Waals surface area contributed by atoms with Crippen molar-refractivity contribution in [2.75, 3.05) is 20.2 Å². The molecule has 0 fully saturated rings. The summed E-state index contributed by atoms with van der Waals surface area (Å²) in [6.45, 7) is 4.09. The molecule has 0 aliphatic carbocycles. The van der Waals surface area contributed by atoms with E-state index in [1.807, 2.05) is 0 Å². The van der Waals surface area contributed by atoms with Crippen LogP contribution in [0.1, 0.15) is 26.7 Å². The Balaban J connectivity index is 3.84. The molecule has 0 aromatic rings. The second kappa shape index (κ2) is 8.95. The number of hydrogen-bond donors (Lipinski definition) is 3. The maximum Gasteiger partial charge on any atom is 0.329 e. The Hall–Kier alpha value is -1.14. The van der Waals surface area contributed by atoms with E-state index in [-0.39, 0.29) is 12.0 Å². The topological polar surface area (TPSA) is 87.7 Å². The van der Waals surface area contributed by atoms with E-state index >= 15 is 0 Å². The summed E-state index contributed by atoms with van der Waals surface area (Å²) >= 11 is 0. The van der Waals surface area contributed by atoms with E-state index in [0.717, 1.165) is 6.42 Å². The number of methoxy groups -OCH3 is 1. The average molecular weight is 246 g/mol. The van der Waals surface area contributed by atoms with Crippen LogP contribution < -0.4 is 10.6 Å².